The van der Waals surface area contributed by atoms with Crippen LogP contribution in [0.25, 0.3) is 0 Å². The van der Waals surface area contributed by atoms with E-state index in [1.54, 1.807) is 0 Å². The quantitative estimate of drug-likeness (QED) is 0.129. The molecule has 0 saturated heterocycles. The minimum atomic E-state index is -1.11. The Bertz CT molecular complexity index is 449. The van der Waals surface area contributed by atoms with E-state index in [4.69, 9.17) is 9.84 Å². The van der Waals surface area contributed by atoms with Crippen molar-refractivity contribution in [2.24, 2.45) is 5.92 Å². The van der Waals surface area contributed by atoms with Gasteiger partial charge in [0.05, 0.1) is 12.7 Å². The molecule has 0 aromatic rings. The maximum absolute atomic E-state index is 11.9. The lowest BCUT2D eigenvalue weighted by molar-refractivity contribution is -0.155. The molecule has 6 heteroatoms. The lowest BCUT2D eigenvalue weighted by Crippen LogP contribution is -2.29. The van der Waals surface area contributed by atoms with E-state index in [-0.39, 0.29) is 18.5 Å². The lowest BCUT2D eigenvalue weighted by Gasteiger charge is -2.14. The smallest absolute Gasteiger partial charge is 0.316 e. The van der Waals surface area contributed by atoms with Crippen LogP contribution in [-0.2, 0) is 14.3 Å². The van der Waals surface area contributed by atoms with Crippen LogP contribution in [0.1, 0.15) is 90.9 Å². The van der Waals surface area contributed by atoms with Crippen LogP contribution < -0.4 is 0 Å². The third-order valence-electron chi connectivity index (χ3n) is 4.98. The standard InChI is InChI=1S/C23H42O6/c1-3-4-5-11-14-20(26)15-12-9-7-6-8-10-13-16-22(19(2)25)23(28)29-18-21(27)17-24/h9,12,20-22,24,26-27H,3-8,10-11,13-18H2,1-2H3/t20-,21?,22?/m1/s1. The molecule has 29 heavy (non-hydrogen) atoms. The van der Waals surface area contributed by atoms with Gasteiger partial charge >= 0.3 is 5.97 Å². The van der Waals surface area contributed by atoms with Gasteiger partial charge in [0.1, 0.15) is 24.4 Å². The molecule has 3 N–H and O–H groups in total. The topological polar surface area (TPSA) is 104 Å². The van der Waals surface area contributed by atoms with E-state index < -0.39 is 24.6 Å². The Labute approximate surface area is 176 Å². The first-order valence-electron chi connectivity index (χ1n) is 11.2. The summed E-state index contributed by atoms with van der Waals surface area (Å²) in [7, 11) is 0. The first kappa shape index (κ1) is 27.8. The predicted molar refractivity (Wildman–Crippen MR) is 114 cm³/mol. The Balaban J connectivity index is 3.79. The number of Topliss-reactive ketones (excluding diaryl/α,β-unsaturated/α-hetero) is 1. The van der Waals surface area contributed by atoms with E-state index in [9.17, 15) is 19.8 Å². The van der Waals surface area contributed by atoms with Gasteiger partial charge in [-0.2, -0.15) is 0 Å². The number of rotatable bonds is 19. The molecule has 2 unspecified atom stereocenters. The van der Waals surface area contributed by atoms with Gasteiger partial charge < -0.3 is 20.1 Å². The van der Waals surface area contributed by atoms with E-state index in [2.05, 4.69) is 19.1 Å². The van der Waals surface area contributed by atoms with Crippen molar-refractivity contribution in [2.45, 2.75) is 103 Å². The van der Waals surface area contributed by atoms with Crippen molar-refractivity contribution < 1.29 is 29.6 Å². The number of carbonyl (C=O) groups excluding carboxylic acids is 2. The van der Waals surface area contributed by atoms with E-state index >= 15 is 0 Å². The Kier molecular flexibility index (Phi) is 18.0. The molecule has 0 aliphatic carbocycles. The van der Waals surface area contributed by atoms with Gasteiger partial charge in [-0.25, -0.2) is 0 Å². The minimum absolute atomic E-state index is 0.232. The first-order chi connectivity index (χ1) is 13.9. The second-order valence-corrected chi connectivity index (χ2v) is 7.83. The van der Waals surface area contributed by atoms with Crippen LogP contribution in [0.3, 0.4) is 0 Å². The van der Waals surface area contributed by atoms with Crippen LogP contribution in [0, 0.1) is 5.92 Å². The number of aliphatic hydroxyl groups is 3. The van der Waals surface area contributed by atoms with Gasteiger partial charge in [-0.15, -0.1) is 0 Å². The van der Waals surface area contributed by atoms with Crippen LogP contribution in [0.5, 0.6) is 0 Å². The summed E-state index contributed by atoms with van der Waals surface area (Å²) in [6.45, 7) is 2.78. The van der Waals surface area contributed by atoms with Crippen LogP contribution in [-0.4, -0.2) is 52.5 Å². The van der Waals surface area contributed by atoms with Crippen LogP contribution in [0.2, 0.25) is 0 Å². The number of ether oxygens (including phenoxy) is 1. The summed E-state index contributed by atoms with van der Waals surface area (Å²) in [6.07, 6.45) is 14.4. The molecule has 0 saturated carbocycles. The van der Waals surface area contributed by atoms with Gasteiger partial charge in [-0.1, -0.05) is 64.0 Å². The molecule has 3 atom stereocenters. The number of esters is 1. The predicted octanol–water partition coefficient (Wildman–Crippen LogP) is 3.71. The van der Waals surface area contributed by atoms with Crippen LogP contribution in [0.4, 0.5) is 0 Å². The summed E-state index contributed by atoms with van der Waals surface area (Å²) in [5.74, 6) is -1.65. The highest BCUT2D eigenvalue weighted by Crippen LogP contribution is 2.15. The van der Waals surface area contributed by atoms with Gasteiger partial charge in [-0.3, -0.25) is 9.59 Å². The molecule has 0 aromatic carbocycles. The molecule has 0 fully saturated rings. The zero-order chi connectivity index (χ0) is 21.9. The highest BCUT2D eigenvalue weighted by atomic mass is 16.5. The van der Waals surface area contributed by atoms with Gasteiger partial charge in [0.2, 0.25) is 0 Å². The molecule has 170 valence electrons. The molecule has 6 nitrogen and oxygen atoms in total. The normalized spacial score (nSPS) is 14.7. The Morgan fingerprint density at radius 1 is 0.897 bits per heavy atom. The van der Waals surface area contributed by atoms with Crippen molar-refractivity contribution in [1.82, 2.24) is 0 Å². The Hall–Kier alpha value is -1.24. The summed E-state index contributed by atoms with van der Waals surface area (Å²) >= 11 is 0. The Morgan fingerprint density at radius 2 is 1.55 bits per heavy atom. The largest absolute Gasteiger partial charge is 0.462 e. The first-order valence-corrected chi connectivity index (χ1v) is 11.2. The van der Waals surface area contributed by atoms with Crippen molar-refractivity contribution in [3.8, 4) is 0 Å². The zero-order valence-corrected chi connectivity index (χ0v) is 18.4. The molecule has 0 aromatic heterocycles. The summed E-state index contributed by atoms with van der Waals surface area (Å²) < 4.78 is 4.90. The summed E-state index contributed by atoms with van der Waals surface area (Å²) in [4.78, 5) is 23.6. The molecule has 0 heterocycles. The summed E-state index contributed by atoms with van der Waals surface area (Å²) in [5.41, 5.74) is 0. The SMILES string of the molecule is CCCCCC[C@@H](O)CC=CCCCCCCC(C(C)=O)C(=O)OCC(O)CO. The molecule has 0 amide bonds. The fraction of sp³-hybridized carbons (Fsp3) is 0.826. The molecule has 0 spiro atoms. The van der Waals surface area contributed by atoms with Gasteiger partial charge in [0.15, 0.2) is 0 Å². The molecule has 0 bridgehead atoms. The highest BCUT2D eigenvalue weighted by Gasteiger charge is 2.24. The van der Waals surface area contributed by atoms with E-state index in [1.807, 2.05) is 0 Å². The van der Waals surface area contributed by atoms with Crippen molar-refractivity contribution in [1.29, 1.82) is 0 Å². The fourth-order valence-electron chi connectivity index (χ4n) is 3.08. The number of aliphatic hydroxyl groups excluding tert-OH is 3. The molecule has 0 aliphatic heterocycles. The monoisotopic (exact) mass is 414 g/mol. The van der Waals surface area contributed by atoms with Gasteiger partial charge in [0.25, 0.3) is 0 Å². The van der Waals surface area contributed by atoms with E-state index in [0.717, 1.165) is 51.4 Å². The maximum atomic E-state index is 11.9. The molecular formula is C23H42O6. The number of ketones is 1. The van der Waals surface area contributed by atoms with Crippen molar-refractivity contribution in [3.63, 3.8) is 0 Å². The third kappa shape index (κ3) is 16.3. The van der Waals surface area contributed by atoms with E-state index in [1.165, 1.54) is 26.2 Å². The molecule has 0 radical (unpaired) electrons. The van der Waals surface area contributed by atoms with Crippen LogP contribution in [0.15, 0.2) is 12.2 Å². The van der Waals surface area contributed by atoms with E-state index in [0.29, 0.717) is 6.42 Å². The minimum Gasteiger partial charge on any atom is -0.462 e. The summed E-state index contributed by atoms with van der Waals surface area (Å²) in [6, 6.07) is 0. The number of carbonyl (C=O) groups is 2. The molecule has 0 aliphatic rings. The van der Waals surface area contributed by atoms with Crippen molar-refractivity contribution in [2.75, 3.05) is 13.2 Å². The fourth-order valence-corrected chi connectivity index (χ4v) is 3.08. The average Bonchev–Trinajstić information content (AvgIpc) is 2.70. The second kappa shape index (κ2) is 18.8. The van der Waals surface area contributed by atoms with Crippen LogP contribution >= 0.6 is 0 Å². The highest BCUT2D eigenvalue weighted by molar-refractivity contribution is 5.97. The van der Waals surface area contributed by atoms with Gasteiger partial charge in [-0.05, 0) is 39.0 Å². The molecule has 0 rings (SSSR count). The second-order valence-electron chi connectivity index (χ2n) is 7.83. The van der Waals surface area contributed by atoms with Crippen molar-refractivity contribution >= 4 is 11.8 Å². The number of hydrogen-bond donors (Lipinski definition) is 3. The number of hydrogen-bond acceptors (Lipinski definition) is 6. The Morgan fingerprint density at radius 3 is 2.21 bits per heavy atom. The lowest BCUT2D eigenvalue weighted by atomic mass is 9.97. The average molecular weight is 415 g/mol. The van der Waals surface area contributed by atoms with Gasteiger partial charge in [0, 0.05) is 0 Å². The number of allylic oxidation sites excluding steroid dienone is 1. The molecular weight excluding hydrogens is 372 g/mol. The zero-order valence-electron chi connectivity index (χ0n) is 18.4. The summed E-state index contributed by atoms with van der Waals surface area (Å²) in [5, 5.41) is 27.8. The maximum Gasteiger partial charge on any atom is 0.316 e. The van der Waals surface area contributed by atoms with Crippen molar-refractivity contribution in [3.05, 3.63) is 12.2 Å². The third-order valence-corrected chi connectivity index (χ3v) is 4.98. The number of unbranched alkanes of at least 4 members (excludes halogenated alkanes) is 7.